The molecule has 0 spiro atoms. The number of carbonyl (C=O) groups is 2. The lowest BCUT2D eigenvalue weighted by Crippen LogP contribution is -2.44. The van der Waals surface area contributed by atoms with Crippen molar-refractivity contribution < 1.29 is 24.2 Å². The molecule has 3 rings (SSSR count). The molecule has 1 atom stereocenters. The molecule has 1 amide bonds. The monoisotopic (exact) mass is 291 g/mol. The molecule has 1 aromatic rings. The Hall–Kier alpha value is -2.08. The zero-order valence-corrected chi connectivity index (χ0v) is 11.6. The first-order chi connectivity index (χ1) is 10.2. The predicted octanol–water partition coefficient (Wildman–Crippen LogP) is 1.54. The van der Waals surface area contributed by atoms with Gasteiger partial charge in [0.25, 0.3) is 0 Å². The Morgan fingerprint density at radius 2 is 2.14 bits per heavy atom. The van der Waals surface area contributed by atoms with E-state index < -0.39 is 5.97 Å². The molecule has 112 valence electrons. The van der Waals surface area contributed by atoms with Gasteiger partial charge in [-0.1, -0.05) is 6.07 Å². The zero-order chi connectivity index (χ0) is 14.8. The summed E-state index contributed by atoms with van der Waals surface area (Å²) in [4.78, 5) is 25.5. The lowest BCUT2D eigenvalue weighted by atomic mass is 9.99. The number of hydrogen-bond acceptors (Lipinski definition) is 4. The highest BCUT2D eigenvalue weighted by Crippen LogP contribution is 2.36. The van der Waals surface area contributed by atoms with Gasteiger partial charge in [0, 0.05) is 6.61 Å². The van der Waals surface area contributed by atoms with Gasteiger partial charge >= 0.3 is 5.97 Å². The van der Waals surface area contributed by atoms with Crippen LogP contribution in [0.5, 0.6) is 5.75 Å². The summed E-state index contributed by atoms with van der Waals surface area (Å²) in [5.41, 5.74) is 0.626. The quantitative estimate of drug-likeness (QED) is 0.894. The fourth-order valence-electron chi connectivity index (χ4n) is 2.80. The van der Waals surface area contributed by atoms with Crippen LogP contribution in [-0.4, -0.2) is 43.3 Å². The highest BCUT2D eigenvalue weighted by atomic mass is 16.5. The van der Waals surface area contributed by atoms with Crippen LogP contribution in [0.2, 0.25) is 0 Å². The van der Waals surface area contributed by atoms with Gasteiger partial charge in [0.2, 0.25) is 5.91 Å². The number of nitrogens with zero attached hydrogens (tertiary/aromatic N) is 1. The van der Waals surface area contributed by atoms with Crippen LogP contribution < -0.4 is 9.64 Å². The average molecular weight is 291 g/mol. The summed E-state index contributed by atoms with van der Waals surface area (Å²) < 4.78 is 10.8. The maximum absolute atomic E-state index is 12.6. The van der Waals surface area contributed by atoms with Crippen LogP contribution in [0.3, 0.4) is 0 Å². The van der Waals surface area contributed by atoms with Crippen molar-refractivity contribution in [3.8, 4) is 5.75 Å². The molecule has 0 aliphatic carbocycles. The van der Waals surface area contributed by atoms with Crippen molar-refractivity contribution in [2.75, 3.05) is 31.3 Å². The number of ether oxygens (including phenoxy) is 2. The van der Waals surface area contributed by atoms with E-state index in [0.717, 1.165) is 12.8 Å². The standard InChI is InChI=1S/C15H17NO5/c17-14(10-3-2-7-20-9-10)16-6-8-21-13-11(15(18)19)4-1-5-12(13)16/h1,4-5,10H,2-3,6-9H2,(H,18,19). The molecule has 1 fully saturated rings. The first kappa shape index (κ1) is 13.9. The number of para-hydroxylation sites is 1. The van der Waals surface area contributed by atoms with Crippen molar-refractivity contribution in [3.63, 3.8) is 0 Å². The Morgan fingerprint density at radius 1 is 1.29 bits per heavy atom. The van der Waals surface area contributed by atoms with E-state index in [2.05, 4.69) is 0 Å². The van der Waals surface area contributed by atoms with Crippen molar-refractivity contribution in [2.45, 2.75) is 12.8 Å². The summed E-state index contributed by atoms with van der Waals surface area (Å²) in [5.74, 6) is -0.941. The van der Waals surface area contributed by atoms with E-state index in [1.165, 1.54) is 6.07 Å². The lowest BCUT2D eigenvalue weighted by Gasteiger charge is -2.33. The van der Waals surface area contributed by atoms with Crippen LogP contribution >= 0.6 is 0 Å². The average Bonchev–Trinajstić information content (AvgIpc) is 2.53. The molecule has 6 nitrogen and oxygen atoms in total. The van der Waals surface area contributed by atoms with Crippen molar-refractivity contribution in [2.24, 2.45) is 5.92 Å². The molecule has 1 unspecified atom stereocenters. The summed E-state index contributed by atoms with van der Waals surface area (Å²) in [5, 5.41) is 9.21. The number of fused-ring (bicyclic) bond motifs is 1. The number of hydrogen-bond donors (Lipinski definition) is 1. The maximum atomic E-state index is 12.6. The van der Waals surface area contributed by atoms with Gasteiger partial charge in [-0.2, -0.15) is 0 Å². The summed E-state index contributed by atoms with van der Waals surface area (Å²) >= 11 is 0. The van der Waals surface area contributed by atoms with Gasteiger partial charge in [0.15, 0.2) is 5.75 Å². The van der Waals surface area contributed by atoms with E-state index in [4.69, 9.17) is 9.47 Å². The number of carboxylic acids is 1. The molecule has 2 heterocycles. The minimum atomic E-state index is -1.05. The highest BCUT2D eigenvalue weighted by molar-refractivity contribution is 6.00. The van der Waals surface area contributed by atoms with Gasteiger partial charge in [-0.25, -0.2) is 4.79 Å². The Labute approximate surface area is 122 Å². The summed E-state index contributed by atoms with van der Waals surface area (Å²) in [6.45, 7) is 1.87. The summed E-state index contributed by atoms with van der Waals surface area (Å²) in [6.07, 6.45) is 1.69. The molecule has 0 saturated carbocycles. The smallest absolute Gasteiger partial charge is 0.339 e. The van der Waals surface area contributed by atoms with Gasteiger partial charge in [0.1, 0.15) is 12.2 Å². The third kappa shape index (κ3) is 2.58. The number of benzene rings is 1. The molecule has 2 aliphatic heterocycles. The molecular formula is C15H17NO5. The van der Waals surface area contributed by atoms with Crippen LogP contribution in [-0.2, 0) is 9.53 Å². The zero-order valence-electron chi connectivity index (χ0n) is 11.6. The predicted molar refractivity (Wildman–Crippen MR) is 74.8 cm³/mol. The SMILES string of the molecule is O=C(O)c1cccc2c1OCCN2C(=O)C1CCCOC1. The van der Waals surface area contributed by atoms with E-state index >= 15 is 0 Å². The maximum Gasteiger partial charge on any atom is 0.339 e. The normalized spacial score (nSPS) is 21.3. The summed E-state index contributed by atoms with van der Waals surface area (Å²) in [7, 11) is 0. The largest absolute Gasteiger partial charge is 0.489 e. The molecular weight excluding hydrogens is 274 g/mol. The molecule has 6 heteroatoms. The third-order valence-electron chi connectivity index (χ3n) is 3.85. The van der Waals surface area contributed by atoms with E-state index in [0.29, 0.717) is 32.1 Å². The Bertz CT molecular complexity index is 565. The third-order valence-corrected chi connectivity index (χ3v) is 3.85. The molecule has 1 aromatic carbocycles. The fourth-order valence-corrected chi connectivity index (χ4v) is 2.80. The van der Waals surface area contributed by atoms with E-state index in [9.17, 15) is 14.7 Å². The molecule has 0 radical (unpaired) electrons. The van der Waals surface area contributed by atoms with E-state index in [1.807, 2.05) is 0 Å². The van der Waals surface area contributed by atoms with Gasteiger partial charge in [-0.3, -0.25) is 4.79 Å². The van der Waals surface area contributed by atoms with Crippen molar-refractivity contribution in [1.82, 2.24) is 0 Å². The van der Waals surface area contributed by atoms with Crippen LogP contribution in [0.1, 0.15) is 23.2 Å². The molecule has 2 aliphatic rings. The number of amides is 1. The van der Waals surface area contributed by atoms with Crippen molar-refractivity contribution >= 4 is 17.6 Å². The number of aromatic carboxylic acids is 1. The Balaban J connectivity index is 1.91. The van der Waals surface area contributed by atoms with Gasteiger partial charge < -0.3 is 19.5 Å². The Kier molecular flexibility index (Phi) is 3.79. The number of rotatable bonds is 2. The van der Waals surface area contributed by atoms with Crippen LogP contribution in [0.15, 0.2) is 18.2 Å². The number of anilines is 1. The van der Waals surface area contributed by atoms with Gasteiger partial charge in [-0.15, -0.1) is 0 Å². The van der Waals surface area contributed by atoms with Crippen LogP contribution in [0, 0.1) is 5.92 Å². The van der Waals surface area contributed by atoms with Gasteiger partial charge in [0.05, 0.1) is 24.8 Å². The molecule has 1 saturated heterocycles. The van der Waals surface area contributed by atoms with E-state index in [1.54, 1.807) is 17.0 Å². The second kappa shape index (κ2) is 5.73. The first-order valence-electron chi connectivity index (χ1n) is 7.06. The topological polar surface area (TPSA) is 76.1 Å². The van der Waals surface area contributed by atoms with Crippen LogP contribution in [0.25, 0.3) is 0 Å². The number of carbonyl (C=O) groups excluding carboxylic acids is 1. The van der Waals surface area contributed by atoms with Gasteiger partial charge in [-0.05, 0) is 25.0 Å². The van der Waals surface area contributed by atoms with Crippen LogP contribution in [0.4, 0.5) is 5.69 Å². The fraction of sp³-hybridized carbons (Fsp3) is 0.467. The molecule has 1 N–H and O–H groups in total. The highest BCUT2D eigenvalue weighted by Gasteiger charge is 2.32. The van der Waals surface area contributed by atoms with E-state index in [-0.39, 0.29) is 23.1 Å². The second-order valence-electron chi connectivity index (χ2n) is 5.21. The summed E-state index contributed by atoms with van der Waals surface area (Å²) in [6, 6.07) is 4.84. The van der Waals surface area contributed by atoms with Crippen molar-refractivity contribution in [1.29, 1.82) is 0 Å². The minimum Gasteiger partial charge on any atom is -0.489 e. The van der Waals surface area contributed by atoms with Crippen molar-refractivity contribution in [3.05, 3.63) is 23.8 Å². The minimum absolute atomic E-state index is 0.0122. The Morgan fingerprint density at radius 3 is 2.86 bits per heavy atom. The first-order valence-corrected chi connectivity index (χ1v) is 7.06. The molecule has 0 aromatic heterocycles. The second-order valence-corrected chi connectivity index (χ2v) is 5.21. The molecule has 0 bridgehead atoms. The molecule has 21 heavy (non-hydrogen) atoms. The number of carboxylic acid groups (broad SMARTS) is 1. The lowest BCUT2D eigenvalue weighted by molar-refractivity contribution is -0.126.